The second-order valence-electron chi connectivity index (χ2n) is 6.70. The first-order valence-corrected chi connectivity index (χ1v) is 9.05. The summed E-state index contributed by atoms with van der Waals surface area (Å²) in [6.07, 6.45) is 9.16. The van der Waals surface area contributed by atoms with Crippen LogP contribution in [0, 0.1) is 0 Å². The lowest BCUT2D eigenvalue weighted by Crippen LogP contribution is -2.38. The maximum Gasteiger partial charge on any atom is 0.253 e. The Bertz CT molecular complexity index is 852. The average molecular weight is 346 g/mol. The van der Waals surface area contributed by atoms with Crippen molar-refractivity contribution in [1.29, 1.82) is 0 Å². The molecular weight excluding hydrogens is 324 g/mol. The van der Waals surface area contributed by atoms with E-state index >= 15 is 0 Å². The van der Waals surface area contributed by atoms with Crippen LogP contribution in [0.3, 0.4) is 0 Å². The lowest BCUT2D eigenvalue weighted by Gasteiger charge is -2.32. The molecule has 26 heavy (non-hydrogen) atoms. The molecule has 1 saturated heterocycles. The van der Waals surface area contributed by atoms with Gasteiger partial charge in [0.05, 0.1) is 0 Å². The van der Waals surface area contributed by atoms with E-state index in [2.05, 4.69) is 45.0 Å². The zero-order valence-corrected chi connectivity index (χ0v) is 14.7. The van der Waals surface area contributed by atoms with Crippen molar-refractivity contribution in [2.45, 2.75) is 25.3 Å². The molecule has 0 saturated carbocycles. The first-order chi connectivity index (χ1) is 12.8. The minimum absolute atomic E-state index is 0.0958. The fourth-order valence-electron chi connectivity index (χ4n) is 3.61. The number of pyridine rings is 1. The molecule has 0 N–H and O–H groups in total. The van der Waals surface area contributed by atoms with Gasteiger partial charge in [0.2, 0.25) is 0 Å². The van der Waals surface area contributed by atoms with Crippen molar-refractivity contribution in [2.24, 2.45) is 0 Å². The van der Waals surface area contributed by atoms with Gasteiger partial charge in [-0.05, 0) is 30.5 Å². The number of carbonyl (C=O) groups is 1. The highest BCUT2D eigenvalue weighted by Gasteiger charge is 2.26. The van der Waals surface area contributed by atoms with E-state index in [1.807, 2.05) is 17.2 Å². The largest absolute Gasteiger partial charge is 0.339 e. The fourth-order valence-corrected chi connectivity index (χ4v) is 3.61. The molecule has 3 heterocycles. The van der Waals surface area contributed by atoms with Crippen molar-refractivity contribution >= 4 is 5.91 Å². The quantitative estimate of drug-likeness (QED) is 0.728. The molecule has 5 heteroatoms. The number of likely N-dealkylation sites (tertiary alicyclic amines) is 1. The second-order valence-corrected chi connectivity index (χ2v) is 6.70. The molecule has 0 atom stereocenters. The molecule has 132 valence electrons. The number of aromatic nitrogens is 3. The summed E-state index contributed by atoms with van der Waals surface area (Å²) >= 11 is 0. The predicted octanol–water partition coefficient (Wildman–Crippen LogP) is 3.35. The van der Waals surface area contributed by atoms with Gasteiger partial charge in [0.15, 0.2) is 0 Å². The molecule has 4 rings (SSSR count). The molecule has 0 unspecified atom stereocenters. The number of hydrogen-bond donors (Lipinski definition) is 0. The Kier molecular flexibility index (Phi) is 4.78. The van der Waals surface area contributed by atoms with Crippen molar-refractivity contribution in [1.82, 2.24) is 19.4 Å². The number of amides is 1. The van der Waals surface area contributed by atoms with Crippen molar-refractivity contribution in [3.8, 4) is 0 Å². The smallest absolute Gasteiger partial charge is 0.253 e. The second kappa shape index (κ2) is 7.52. The molecule has 0 aliphatic carbocycles. The maximum absolute atomic E-state index is 12.6. The summed E-state index contributed by atoms with van der Waals surface area (Å²) in [6, 6.07) is 14.0. The first-order valence-electron chi connectivity index (χ1n) is 9.05. The van der Waals surface area contributed by atoms with Crippen molar-refractivity contribution in [3.05, 3.63) is 84.2 Å². The number of nitrogens with zero attached hydrogens (tertiary/aromatic N) is 4. The van der Waals surface area contributed by atoms with Gasteiger partial charge < -0.3 is 9.47 Å². The van der Waals surface area contributed by atoms with Gasteiger partial charge in [0.1, 0.15) is 5.82 Å². The highest BCUT2D eigenvalue weighted by molar-refractivity contribution is 5.94. The molecule has 3 aromatic rings. The lowest BCUT2D eigenvalue weighted by molar-refractivity contribution is 0.0710. The van der Waals surface area contributed by atoms with E-state index in [-0.39, 0.29) is 5.91 Å². The monoisotopic (exact) mass is 346 g/mol. The summed E-state index contributed by atoms with van der Waals surface area (Å²) in [5, 5.41) is 0. The van der Waals surface area contributed by atoms with Crippen LogP contribution in [0.25, 0.3) is 0 Å². The normalized spacial score (nSPS) is 15.2. The van der Waals surface area contributed by atoms with E-state index in [4.69, 9.17) is 0 Å². The molecule has 1 aromatic carbocycles. The van der Waals surface area contributed by atoms with Crippen molar-refractivity contribution in [2.75, 3.05) is 13.1 Å². The van der Waals surface area contributed by atoms with Gasteiger partial charge in [0, 0.05) is 55.9 Å². The van der Waals surface area contributed by atoms with Gasteiger partial charge in [-0.15, -0.1) is 0 Å². The summed E-state index contributed by atoms with van der Waals surface area (Å²) in [5.41, 5.74) is 1.99. The molecule has 0 radical (unpaired) electrons. The minimum Gasteiger partial charge on any atom is -0.339 e. The lowest BCUT2D eigenvalue weighted by atomic mass is 9.95. The van der Waals surface area contributed by atoms with Crippen LogP contribution in [0.4, 0.5) is 0 Å². The van der Waals surface area contributed by atoms with E-state index in [1.54, 1.807) is 24.5 Å². The molecule has 1 amide bonds. The summed E-state index contributed by atoms with van der Waals surface area (Å²) in [6.45, 7) is 2.38. The van der Waals surface area contributed by atoms with Gasteiger partial charge >= 0.3 is 0 Å². The van der Waals surface area contributed by atoms with Crippen LogP contribution >= 0.6 is 0 Å². The Labute approximate surface area is 153 Å². The number of hydrogen-bond acceptors (Lipinski definition) is 3. The maximum atomic E-state index is 12.6. The third-order valence-corrected chi connectivity index (χ3v) is 5.02. The molecule has 0 spiro atoms. The highest BCUT2D eigenvalue weighted by Crippen LogP contribution is 2.28. The average Bonchev–Trinajstić information content (AvgIpc) is 3.17. The number of rotatable bonds is 4. The Balaban J connectivity index is 1.41. The molecule has 2 aromatic heterocycles. The Hall–Kier alpha value is -2.95. The van der Waals surface area contributed by atoms with Crippen LogP contribution in [0.2, 0.25) is 0 Å². The Morgan fingerprint density at radius 2 is 1.73 bits per heavy atom. The minimum atomic E-state index is 0.0958. The molecule has 0 bridgehead atoms. The number of carbonyl (C=O) groups excluding carboxylic acids is 1. The molecule has 1 aliphatic heterocycles. The van der Waals surface area contributed by atoms with E-state index < -0.39 is 0 Å². The van der Waals surface area contributed by atoms with Gasteiger partial charge in [-0.25, -0.2) is 4.98 Å². The fraction of sp³-hybridized carbons (Fsp3) is 0.286. The molecule has 1 aliphatic rings. The van der Waals surface area contributed by atoms with Gasteiger partial charge in [-0.3, -0.25) is 9.78 Å². The zero-order valence-electron chi connectivity index (χ0n) is 14.7. The van der Waals surface area contributed by atoms with E-state index in [0.29, 0.717) is 11.5 Å². The summed E-state index contributed by atoms with van der Waals surface area (Å²) < 4.78 is 2.24. The third kappa shape index (κ3) is 3.52. The summed E-state index contributed by atoms with van der Waals surface area (Å²) in [7, 11) is 0. The first kappa shape index (κ1) is 16.5. The van der Waals surface area contributed by atoms with Crippen molar-refractivity contribution < 1.29 is 4.79 Å². The van der Waals surface area contributed by atoms with Gasteiger partial charge in [-0.2, -0.15) is 0 Å². The van der Waals surface area contributed by atoms with Gasteiger partial charge in [-0.1, -0.05) is 30.3 Å². The van der Waals surface area contributed by atoms with Crippen LogP contribution in [0.15, 0.2) is 67.3 Å². The molecule has 1 fully saturated rings. The van der Waals surface area contributed by atoms with Crippen LogP contribution in [-0.4, -0.2) is 38.4 Å². The highest BCUT2D eigenvalue weighted by atomic mass is 16.2. The molecular formula is C21H22N4O. The summed E-state index contributed by atoms with van der Waals surface area (Å²) in [4.78, 5) is 23.1. The number of piperidine rings is 1. The topological polar surface area (TPSA) is 51.0 Å². The van der Waals surface area contributed by atoms with Crippen LogP contribution in [0.1, 0.15) is 40.5 Å². The summed E-state index contributed by atoms with van der Waals surface area (Å²) in [5.74, 6) is 1.62. The van der Waals surface area contributed by atoms with E-state index in [1.165, 1.54) is 5.56 Å². The number of benzene rings is 1. The van der Waals surface area contributed by atoms with E-state index in [9.17, 15) is 4.79 Å². The van der Waals surface area contributed by atoms with Gasteiger partial charge in [0.25, 0.3) is 5.91 Å². The standard InChI is InChI=1S/C21H22N4O/c26-21(19-6-10-22-11-7-19)24-13-8-18(9-14-24)20-23-12-15-25(20)16-17-4-2-1-3-5-17/h1-7,10-12,15,18H,8-9,13-14,16H2. The number of imidazole rings is 1. The van der Waals surface area contributed by atoms with Crippen molar-refractivity contribution in [3.63, 3.8) is 0 Å². The third-order valence-electron chi connectivity index (χ3n) is 5.02. The van der Waals surface area contributed by atoms with Crippen LogP contribution < -0.4 is 0 Å². The Morgan fingerprint density at radius 1 is 1.00 bits per heavy atom. The zero-order chi connectivity index (χ0) is 17.8. The van der Waals surface area contributed by atoms with Crippen LogP contribution in [-0.2, 0) is 6.54 Å². The molecule has 5 nitrogen and oxygen atoms in total. The SMILES string of the molecule is O=C(c1ccncc1)N1CCC(c2nccn2Cc2ccccc2)CC1. The predicted molar refractivity (Wildman–Crippen MR) is 99.9 cm³/mol. The van der Waals surface area contributed by atoms with Crippen LogP contribution in [0.5, 0.6) is 0 Å². The van der Waals surface area contributed by atoms with E-state index in [0.717, 1.165) is 38.3 Å². The Morgan fingerprint density at radius 3 is 2.46 bits per heavy atom.